The largest absolute Gasteiger partial charge is 0.491 e. The molecule has 24 heavy (non-hydrogen) atoms. The summed E-state index contributed by atoms with van der Waals surface area (Å²) >= 11 is 1.33. The van der Waals surface area contributed by atoms with Gasteiger partial charge in [-0.05, 0) is 37.5 Å². The number of aromatic nitrogens is 2. The Kier molecular flexibility index (Phi) is 5.60. The molecule has 1 aromatic heterocycles. The smallest absolute Gasteiger partial charge is 0.321 e. The quantitative estimate of drug-likeness (QED) is 0.838. The number of hydrogen-bond acceptors (Lipinski definition) is 6. The molecule has 2 N–H and O–H groups in total. The van der Waals surface area contributed by atoms with E-state index in [4.69, 9.17) is 9.47 Å². The van der Waals surface area contributed by atoms with Crippen LogP contribution in [-0.2, 0) is 11.3 Å². The summed E-state index contributed by atoms with van der Waals surface area (Å²) in [5, 5.41) is 14.4. The zero-order valence-corrected chi connectivity index (χ0v) is 14.3. The molecular weight excluding hydrogens is 328 g/mol. The van der Waals surface area contributed by atoms with E-state index in [0.29, 0.717) is 18.3 Å². The summed E-state index contributed by atoms with van der Waals surface area (Å²) in [7, 11) is 0. The molecule has 2 aromatic rings. The summed E-state index contributed by atoms with van der Waals surface area (Å²) < 4.78 is 11.2. The number of aryl methyl sites for hydroxylation is 1. The SMILES string of the molecule is Cc1nnc(NC(=O)NCc2ccc(OC[C@H]3CCCO3)cc2)s1. The van der Waals surface area contributed by atoms with Crippen LogP contribution in [0.15, 0.2) is 24.3 Å². The molecule has 0 aliphatic carbocycles. The molecule has 0 spiro atoms. The highest BCUT2D eigenvalue weighted by Gasteiger charge is 2.15. The van der Waals surface area contributed by atoms with Gasteiger partial charge < -0.3 is 14.8 Å². The van der Waals surface area contributed by atoms with Crippen LogP contribution in [-0.4, -0.2) is 35.5 Å². The van der Waals surface area contributed by atoms with Gasteiger partial charge in [-0.15, -0.1) is 10.2 Å². The van der Waals surface area contributed by atoms with Crippen LogP contribution in [0.5, 0.6) is 5.75 Å². The van der Waals surface area contributed by atoms with Gasteiger partial charge in [0.25, 0.3) is 0 Å². The van der Waals surface area contributed by atoms with Crippen LogP contribution in [0.2, 0.25) is 0 Å². The van der Waals surface area contributed by atoms with Crippen molar-refractivity contribution in [3.8, 4) is 5.75 Å². The first-order valence-corrected chi connectivity index (χ1v) is 8.69. The van der Waals surface area contributed by atoms with Crippen molar-refractivity contribution in [2.45, 2.75) is 32.4 Å². The highest BCUT2D eigenvalue weighted by atomic mass is 32.1. The van der Waals surface area contributed by atoms with Crippen LogP contribution in [0.25, 0.3) is 0 Å². The first kappa shape index (κ1) is 16.7. The van der Waals surface area contributed by atoms with Crippen molar-refractivity contribution in [3.63, 3.8) is 0 Å². The first-order chi connectivity index (χ1) is 11.7. The zero-order valence-electron chi connectivity index (χ0n) is 13.4. The summed E-state index contributed by atoms with van der Waals surface area (Å²) in [5.41, 5.74) is 0.989. The predicted octanol–water partition coefficient (Wildman–Crippen LogP) is 2.73. The maximum Gasteiger partial charge on any atom is 0.321 e. The van der Waals surface area contributed by atoms with Crippen molar-refractivity contribution in [2.75, 3.05) is 18.5 Å². The minimum Gasteiger partial charge on any atom is -0.491 e. The number of carbonyl (C=O) groups excluding carboxylic acids is 1. The molecule has 0 unspecified atom stereocenters. The lowest BCUT2D eigenvalue weighted by Gasteiger charge is -2.12. The third-order valence-corrected chi connectivity index (χ3v) is 4.34. The lowest BCUT2D eigenvalue weighted by atomic mass is 10.2. The van der Waals surface area contributed by atoms with Gasteiger partial charge in [0.15, 0.2) is 0 Å². The van der Waals surface area contributed by atoms with Crippen LogP contribution in [0.4, 0.5) is 9.93 Å². The summed E-state index contributed by atoms with van der Waals surface area (Å²) in [6, 6.07) is 7.36. The van der Waals surface area contributed by atoms with E-state index in [1.807, 2.05) is 31.2 Å². The number of hydrogen-bond donors (Lipinski definition) is 2. The molecule has 2 heterocycles. The predicted molar refractivity (Wildman–Crippen MR) is 91.4 cm³/mol. The summed E-state index contributed by atoms with van der Waals surface area (Å²) in [4.78, 5) is 11.8. The minimum absolute atomic E-state index is 0.207. The van der Waals surface area contributed by atoms with Crippen LogP contribution in [0.1, 0.15) is 23.4 Å². The van der Waals surface area contributed by atoms with Crippen molar-refractivity contribution >= 4 is 22.5 Å². The number of amides is 2. The number of ether oxygens (including phenoxy) is 2. The summed E-state index contributed by atoms with van der Waals surface area (Å²) in [5.74, 6) is 0.808. The van der Waals surface area contributed by atoms with Gasteiger partial charge in [0.1, 0.15) is 17.4 Å². The van der Waals surface area contributed by atoms with E-state index in [1.165, 1.54) is 11.3 Å². The van der Waals surface area contributed by atoms with Crippen molar-refractivity contribution in [1.82, 2.24) is 15.5 Å². The monoisotopic (exact) mass is 348 g/mol. The topological polar surface area (TPSA) is 85.4 Å². The van der Waals surface area contributed by atoms with Crippen molar-refractivity contribution in [3.05, 3.63) is 34.8 Å². The average Bonchev–Trinajstić information content (AvgIpc) is 3.24. The molecule has 1 aliphatic heterocycles. The van der Waals surface area contributed by atoms with Gasteiger partial charge in [-0.25, -0.2) is 4.79 Å². The standard InChI is InChI=1S/C16H20N4O3S/c1-11-19-20-16(24-11)18-15(21)17-9-12-4-6-13(7-5-12)23-10-14-3-2-8-22-14/h4-7,14H,2-3,8-10H2,1H3,(H2,17,18,20,21)/t14-/m1/s1. The molecular formula is C16H20N4O3S. The molecule has 3 rings (SSSR count). The third kappa shape index (κ3) is 4.90. The van der Waals surface area contributed by atoms with Gasteiger partial charge in [0, 0.05) is 13.2 Å². The molecule has 128 valence electrons. The molecule has 0 radical (unpaired) electrons. The van der Waals surface area contributed by atoms with E-state index in [-0.39, 0.29) is 12.1 Å². The Morgan fingerprint density at radius 1 is 1.38 bits per heavy atom. The number of rotatable bonds is 6. The minimum atomic E-state index is -0.301. The molecule has 1 saturated heterocycles. The van der Waals surface area contributed by atoms with Crippen LogP contribution >= 0.6 is 11.3 Å². The van der Waals surface area contributed by atoms with Crippen molar-refractivity contribution < 1.29 is 14.3 Å². The fourth-order valence-corrected chi connectivity index (χ4v) is 2.93. The highest BCUT2D eigenvalue weighted by molar-refractivity contribution is 7.15. The van der Waals surface area contributed by atoms with Gasteiger partial charge in [-0.3, -0.25) is 5.32 Å². The Balaban J connectivity index is 1.41. The Morgan fingerprint density at radius 3 is 2.88 bits per heavy atom. The number of nitrogens with one attached hydrogen (secondary N) is 2. The van der Waals surface area contributed by atoms with Gasteiger partial charge in [0.05, 0.1) is 6.10 Å². The van der Waals surface area contributed by atoms with Crippen molar-refractivity contribution in [1.29, 1.82) is 0 Å². The molecule has 1 aromatic carbocycles. The second-order valence-electron chi connectivity index (χ2n) is 5.52. The second kappa shape index (κ2) is 8.07. The van der Waals surface area contributed by atoms with E-state index >= 15 is 0 Å². The second-order valence-corrected chi connectivity index (χ2v) is 6.71. The highest BCUT2D eigenvalue weighted by Crippen LogP contribution is 2.17. The lowest BCUT2D eigenvalue weighted by Crippen LogP contribution is -2.28. The van der Waals surface area contributed by atoms with Crippen LogP contribution in [0.3, 0.4) is 0 Å². The Morgan fingerprint density at radius 2 is 2.21 bits per heavy atom. The molecule has 0 bridgehead atoms. The van der Waals surface area contributed by atoms with E-state index in [0.717, 1.165) is 35.8 Å². The van der Waals surface area contributed by atoms with E-state index in [9.17, 15) is 4.79 Å². The Bertz CT molecular complexity index is 668. The molecule has 7 nitrogen and oxygen atoms in total. The molecule has 8 heteroatoms. The number of urea groups is 1. The summed E-state index contributed by atoms with van der Waals surface area (Å²) in [6.45, 7) is 3.68. The molecule has 1 aliphatic rings. The average molecular weight is 348 g/mol. The van der Waals surface area contributed by atoms with Gasteiger partial charge in [-0.2, -0.15) is 0 Å². The number of carbonyl (C=O) groups is 1. The zero-order chi connectivity index (χ0) is 16.8. The molecule has 1 fully saturated rings. The van der Waals surface area contributed by atoms with Gasteiger partial charge in [-0.1, -0.05) is 23.5 Å². The fourth-order valence-electron chi connectivity index (χ4n) is 2.34. The maximum absolute atomic E-state index is 11.8. The van der Waals surface area contributed by atoms with Gasteiger partial charge in [0.2, 0.25) is 5.13 Å². The van der Waals surface area contributed by atoms with E-state index < -0.39 is 0 Å². The Hall–Kier alpha value is -2.19. The number of nitrogens with zero attached hydrogens (tertiary/aromatic N) is 2. The number of anilines is 1. The van der Waals surface area contributed by atoms with E-state index in [2.05, 4.69) is 20.8 Å². The number of benzene rings is 1. The van der Waals surface area contributed by atoms with Crippen LogP contribution in [0, 0.1) is 6.92 Å². The first-order valence-electron chi connectivity index (χ1n) is 7.87. The van der Waals surface area contributed by atoms with Crippen molar-refractivity contribution in [2.24, 2.45) is 0 Å². The third-order valence-electron chi connectivity index (χ3n) is 3.58. The van der Waals surface area contributed by atoms with Gasteiger partial charge >= 0.3 is 6.03 Å². The Labute approximate surface area is 144 Å². The molecule has 0 saturated carbocycles. The summed E-state index contributed by atoms with van der Waals surface area (Å²) in [6.07, 6.45) is 2.38. The van der Waals surface area contributed by atoms with Crippen LogP contribution < -0.4 is 15.4 Å². The van der Waals surface area contributed by atoms with E-state index in [1.54, 1.807) is 0 Å². The molecule has 1 atom stereocenters. The lowest BCUT2D eigenvalue weighted by molar-refractivity contribution is 0.0679. The molecule has 2 amide bonds. The normalized spacial score (nSPS) is 16.8. The maximum atomic E-state index is 11.8. The fraction of sp³-hybridized carbons (Fsp3) is 0.438.